The van der Waals surface area contributed by atoms with Crippen LogP contribution in [-0.4, -0.2) is 17.0 Å². The average molecular weight is 265 g/mol. The summed E-state index contributed by atoms with van der Waals surface area (Å²) in [5.41, 5.74) is 0. The van der Waals surface area contributed by atoms with E-state index in [1.807, 2.05) is 19.1 Å². The van der Waals surface area contributed by atoms with Crippen LogP contribution in [0.3, 0.4) is 0 Å². The predicted molar refractivity (Wildman–Crippen MR) is 68.4 cm³/mol. The maximum Gasteiger partial charge on any atom is 0.307 e. The first kappa shape index (κ1) is 13.6. The molecular weight excluding hydrogens is 246 g/mol. The lowest BCUT2D eigenvalue weighted by atomic mass is 9.79. The minimum absolute atomic E-state index is 0.179. The van der Waals surface area contributed by atoms with Gasteiger partial charge in [-0.15, -0.1) is 0 Å². The number of carboxylic acid groups (broad SMARTS) is 1. The molecule has 1 fully saturated rings. The molecule has 0 saturated heterocycles. The van der Waals surface area contributed by atoms with E-state index in [2.05, 4.69) is 5.32 Å². The van der Waals surface area contributed by atoms with Crippen LogP contribution >= 0.6 is 0 Å². The summed E-state index contributed by atoms with van der Waals surface area (Å²) in [5, 5.41) is 11.9. The average Bonchev–Trinajstić information content (AvgIpc) is 2.81. The molecule has 1 aromatic rings. The first-order valence-corrected chi connectivity index (χ1v) is 6.64. The van der Waals surface area contributed by atoms with Crippen molar-refractivity contribution in [3.63, 3.8) is 0 Å². The van der Waals surface area contributed by atoms with Crippen molar-refractivity contribution in [3.8, 4) is 0 Å². The molecule has 2 atom stereocenters. The first-order valence-electron chi connectivity index (χ1n) is 6.64. The maximum atomic E-state index is 12.1. The smallest absolute Gasteiger partial charge is 0.307 e. The zero-order chi connectivity index (χ0) is 13.8. The normalized spacial score (nSPS) is 23.0. The Labute approximate surface area is 112 Å². The van der Waals surface area contributed by atoms with Gasteiger partial charge in [-0.1, -0.05) is 12.8 Å². The van der Waals surface area contributed by atoms with Crippen molar-refractivity contribution in [1.29, 1.82) is 0 Å². The summed E-state index contributed by atoms with van der Waals surface area (Å²) in [5.74, 6) is -0.525. The van der Waals surface area contributed by atoms with Crippen molar-refractivity contribution < 1.29 is 19.1 Å². The summed E-state index contributed by atoms with van der Waals surface area (Å²) >= 11 is 0. The van der Waals surface area contributed by atoms with Crippen molar-refractivity contribution in [3.05, 3.63) is 23.7 Å². The van der Waals surface area contributed by atoms with Gasteiger partial charge in [-0.3, -0.25) is 9.59 Å². The van der Waals surface area contributed by atoms with Crippen LogP contribution in [0.25, 0.3) is 0 Å². The highest BCUT2D eigenvalue weighted by molar-refractivity contribution is 5.84. The molecule has 0 radical (unpaired) electrons. The molecule has 5 nitrogen and oxygen atoms in total. The van der Waals surface area contributed by atoms with E-state index in [0.717, 1.165) is 18.6 Å². The summed E-state index contributed by atoms with van der Waals surface area (Å²) in [7, 11) is 0. The lowest BCUT2D eigenvalue weighted by molar-refractivity contribution is -0.149. The fourth-order valence-corrected chi connectivity index (χ4v) is 2.63. The monoisotopic (exact) mass is 265 g/mol. The van der Waals surface area contributed by atoms with Crippen molar-refractivity contribution in [2.45, 2.75) is 39.2 Å². The zero-order valence-electron chi connectivity index (χ0n) is 11.0. The molecule has 2 rings (SSSR count). The second-order valence-electron chi connectivity index (χ2n) is 5.07. The van der Waals surface area contributed by atoms with Gasteiger partial charge in [0.1, 0.15) is 11.5 Å². The Morgan fingerprint density at radius 1 is 1.32 bits per heavy atom. The number of rotatable bonds is 4. The molecule has 0 spiro atoms. The quantitative estimate of drug-likeness (QED) is 0.873. The molecular formula is C14H19NO4. The van der Waals surface area contributed by atoms with Gasteiger partial charge in [-0.05, 0) is 31.9 Å². The third-order valence-electron chi connectivity index (χ3n) is 3.65. The van der Waals surface area contributed by atoms with E-state index in [4.69, 9.17) is 9.52 Å². The second-order valence-corrected chi connectivity index (χ2v) is 5.07. The van der Waals surface area contributed by atoms with Crippen LogP contribution in [-0.2, 0) is 16.1 Å². The molecule has 19 heavy (non-hydrogen) atoms. The first-order chi connectivity index (χ1) is 9.08. The fourth-order valence-electron chi connectivity index (χ4n) is 2.63. The van der Waals surface area contributed by atoms with Crippen LogP contribution in [0, 0.1) is 18.8 Å². The Kier molecular flexibility index (Phi) is 4.24. The van der Waals surface area contributed by atoms with E-state index in [1.54, 1.807) is 0 Å². The minimum atomic E-state index is -0.867. The summed E-state index contributed by atoms with van der Waals surface area (Å²) in [6.07, 6.45) is 3.05. The Balaban J connectivity index is 1.92. The third-order valence-corrected chi connectivity index (χ3v) is 3.65. The third kappa shape index (κ3) is 3.36. The summed E-state index contributed by atoms with van der Waals surface area (Å²) in [6.45, 7) is 2.16. The zero-order valence-corrected chi connectivity index (χ0v) is 11.0. The molecule has 1 amide bonds. The van der Waals surface area contributed by atoms with E-state index < -0.39 is 17.8 Å². The molecule has 1 aliphatic rings. The lowest BCUT2D eigenvalue weighted by Gasteiger charge is -2.27. The van der Waals surface area contributed by atoms with Gasteiger partial charge < -0.3 is 14.8 Å². The number of nitrogens with one attached hydrogen (secondary N) is 1. The molecule has 0 bridgehead atoms. The SMILES string of the molecule is Cc1ccc(CNC(=O)C2CCCCC2C(=O)O)o1. The van der Waals surface area contributed by atoms with Crippen LogP contribution in [0.2, 0.25) is 0 Å². The number of carbonyl (C=O) groups is 2. The number of carbonyl (C=O) groups excluding carboxylic acids is 1. The van der Waals surface area contributed by atoms with Crippen LogP contribution in [0.4, 0.5) is 0 Å². The van der Waals surface area contributed by atoms with Crippen LogP contribution in [0.5, 0.6) is 0 Å². The fraction of sp³-hybridized carbons (Fsp3) is 0.571. The Morgan fingerprint density at radius 2 is 2.00 bits per heavy atom. The number of aryl methyl sites for hydroxylation is 1. The minimum Gasteiger partial charge on any atom is -0.481 e. The van der Waals surface area contributed by atoms with Crippen molar-refractivity contribution in [1.82, 2.24) is 5.32 Å². The molecule has 1 aromatic heterocycles. The summed E-state index contributed by atoms with van der Waals surface area (Å²) < 4.78 is 5.36. The Hall–Kier alpha value is -1.78. The predicted octanol–water partition coefficient (Wildman–Crippen LogP) is 2.10. The topological polar surface area (TPSA) is 79.5 Å². The maximum absolute atomic E-state index is 12.1. The number of carboxylic acids is 1. The van der Waals surface area contributed by atoms with E-state index in [1.165, 1.54) is 0 Å². The van der Waals surface area contributed by atoms with Gasteiger partial charge >= 0.3 is 5.97 Å². The van der Waals surface area contributed by atoms with Gasteiger partial charge in [0.2, 0.25) is 5.91 Å². The van der Waals surface area contributed by atoms with E-state index in [9.17, 15) is 9.59 Å². The van der Waals surface area contributed by atoms with E-state index in [0.29, 0.717) is 25.1 Å². The van der Waals surface area contributed by atoms with Crippen LogP contribution in [0.15, 0.2) is 16.5 Å². The highest BCUT2D eigenvalue weighted by Crippen LogP contribution is 2.30. The molecule has 5 heteroatoms. The number of hydrogen-bond acceptors (Lipinski definition) is 3. The second kappa shape index (κ2) is 5.91. The van der Waals surface area contributed by atoms with E-state index >= 15 is 0 Å². The largest absolute Gasteiger partial charge is 0.481 e. The summed E-state index contributed by atoms with van der Waals surface area (Å²) in [4.78, 5) is 23.2. The Morgan fingerprint density at radius 3 is 2.58 bits per heavy atom. The van der Waals surface area contributed by atoms with Crippen LogP contribution < -0.4 is 5.32 Å². The van der Waals surface area contributed by atoms with Crippen LogP contribution in [0.1, 0.15) is 37.2 Å². The van der Waals surface area contributed by atoms with Crippen molar-refractivity contribution in [2.75, 3.05) is 0 Å². The van der Waals surface area contributed by atoms with Gasteiger partial charge in [0, 0.05) is 0 Å². The number of furan rings is 1. The van der Waals surface area contributed by atoms with Gasteiger partial charge in [-0.25, -0.2) is 0 Å². The van der Waals surface area contributed by atoms with Gasteiger partial charge in [0.15, 0.2) is 0 Å². The van der Waals surface area contributed by atoms with Gasteiger partial charge in [-0.2, -0.15) is 0 Å². The highest BCUT2D eigenvalue weighted by atomic mass is 16.4. The molecule has 2 N–H and O–H groups in total. The standard InChI is InChI=1S/C14H19NO4/c1-9-6-7-10(19-9)8-15-13(16)11-4-2-3-5-12(11)14(17)18/h6-7,11-12H,2-5,8H2,1H3,(H,15,16)(H,17,18). The van der Waals surface area contributed by atoms with E-state index in [-0.39, 0.29) is 5.91 Å². The summed E-state index contributed by atoms with van der Waals surface area (Å²) in [6, 6.07) is 3.65. The lowest BCUT2D eigenvalue weighted by Crippen LogP contribution is -2.39. The molecule has 1 heterocycles. The molecule has 0 aliphatic heterocycles. The number of amides is 1. The van der Waals surface area contributed by atoms with Crippen molar-refractivity contribution in [2.24, 2.45) is 11.8 Å². The molecule has 0 aromatic carbocycles. The molecule has 104 valence electrons. The Bertz CT molecular complexity index is 466. The van der Waals surface area contributed by atoms with Gasteiger partial charge in [0.25, 0.3) is 0 Å². The molecule has 1 aliphatic carbocycles. The molecule has 2 unspecified atom stereocenters. The molecule has 1 saturated carbocycles. The highest BCUT2D eigenvalue weighted by Gasteiger charge is 2.35. The van der Waals surface area contributed by atoms with Gasteiger partial charge in [0.05, 0.1) is 18.4 Å². The number of aliphatic carboxylic acids is 1. The van der Waals surface area contributed by atoms with Crippen molar-refractivity contribution >= 4 is 11.9 Å². The number of hydrogen-bond donors (Lipinski definition) is 2.